The van der Waals surface area contributed by atoms with Gasteiger partial charge in [0.15, 0.2) is 0 Å². The van der Waals surface area contributed by atoms with Gasteiger partial charge in [-0.15, -0.1) is 0 Å². The third-order valence-electron chi connectivity index (χ3n) is 2.31. The molecule has 0 aliphatic carbocycles. The van der Waals surface area contributed by atoms with Crippen LogP contribution in [0, 0.1) is 0 Å². The van der Waals surface area contributed by atoms with E-state index in [1.807, 2.05) is 16.8 Å². The van der Waals surface area contributed by atoms with Crippen molar-refractivity contribution in [2.45, 2.75) is 12.1 Å². The maximum atomic E-state index is 9.70. The first kappa shape index (κ1) is 9.15. The maximum absolute atomic E-state index is 9.70. The van der Waals surface area contributed by atoms with Crippen molar-refractivity contribution in [3.63, 3.8) is 0 Å². The summed E-state index contributed by atoms with van der Waals surface area (Å²) in [5.41, 5.74) is 1.02. The van der Waals surface area contributed by atoms with Crippen LogP contribution in [0.15, 0.2) is 16.8 Å². The zero-order valence-electron chi connectivity index (χ0n) is 7.36. The van der Waals surface area contributed by atoms with Crippen LogP contribution in [0.25, 0.3) is 0 Å². The summed E-state index contributed by atoms with van der Waals surface area (Å²) >= 11 is 1.62. The minimum Gasteiger partial charge on any atom is -0.387 e. The number of thiophene rings is 1. The molecular weight excluding hydrogens is 184 g/mol. The normalized spacial score (nSPS) is 19.8. The molecule has 0 aromatic carbocycles. The van der Waals surface area contributed by atoms with Gasteiger partial charge in [0.1, 0.15) is 0 Å². The van der Waals surface area contributed by atoms with E-state index in [4.69, 9.17) is 0 Å². The molecule has 1 saturated heterocycles. The third kappa shape index (κ3) is 2.28. The van der Waals surface area contributed by atoms with Crippen molar-refractivity contribution in [1.29, 1.82) is 0 Å². The molecule has 2 rings (SSSR count). The molecule has 13 heavy (non-hydrogen) atoms. The fourth-order valence-electron chi connectivity index (χ4n) is 1.29. The minimum absolute atomic E-state index is 0.355. The van der Waals surface area contributed by atoms with Crippen LogP contribution in [0.1, 0.15) is 11.7 Å². The summed E-state index contributed by atoms with van der Waals surface area (Å²) < 4.78 is 0. The van der Waals surface area contributed by atoms with Gasteiger partial charge in [-0.3, -0.25) is 0 Å². The molecule has 0 bridgehead atoms. The van der Waals surface area contributed by atoms with Crippen molar-refractivity contribution in [3.05, 3.63) is 22.4 Å². The molecule has 72 valence electrons. The summed E-state index contributed by atoms with van der Waals surface area (Å²) in [7, 11) is 0. The Morgan fingerprint density at radius 1 is 1.69 bits per heavy atom. The second kappa shape index (κ2) is 4.19. The molecule has 1 unspecified atom stereocenters. The highest BCUT2D eigenvalue weighted by molar-refractivity contribution is 7.07. The molecular formula is C9H14N2OS. The van der Waals surface area contributed by atoms with Crippen molar-refractivity contribution >= 4 is 11.3 Å². The monoisotopic (exact) mass is 198 g/mol. The van der Waals surface area contributed by atoms with Crippen molar-refractivity contribution in [3.8, 4) is 0 Å². The predicted octanol–water partition coefficient (Wildman–Crippen LogP) is 0.343. The lowest BCUT2D eigenvalue weighted by Gasteiger charge is -2.29. The Bertz CT molecular complexity index is 246. The smallest absolute Gasteiger partial charge is 0.0922 e. The Hall–Kier alpha value is -0.420. The number of aliphatic hydroxyl groups excluding tert-OH is 1. The van der Waals surface area contributed by atoms with Crippen LogP contribution < -0.4 is 10.6 Å². The quantitative estimate of drug-likeness (QED) is 0.654. The largest absolute Gasteiger partial charge is 0.387 e. The van der Waals surface area contributed by atoms with Gasteiger partial charge >= 0.3 is 0 Å². The van der Waals surface area contributed by atoms with E-state index in [9.17, 15) is 5.11 Å². The highest BCUT2D eigenvalue weighted by atomic mass is 32.1. The van der Waals surface area contributed by atoms with Gasteiger partial charge in [-0.2, -0.15) is 11.3 Å². The third-order valence-corrected chi connectivity index (χ3v) is 3.01. The Kier molecular flexibility index (Phi) is 2.95. The molecule has 0 spiro atoms. The molecule has 1 fully saturated rings. The molecule has 0 saturated carbocycles. The van der Waals surface area contributed by atoms with Crippen LogP contribution in [0.3, 0.4) is 0 Å². The van der Waals surface area contributed by atoms with E-state index in [0.29, 0.717) is 12.6 Å². The highest BCUT2D eigenvalue weighted by Crippen LogP contribution is 2.15. The van der Waals surface area contributed by atoms with Crippen LogP contribution in [0.2, 0.25) is 0 Å². The van der Waals surface area contributed by atoms with Gasteiger partial charge in [0.2, 0.25) is 0 Å². The molecule has 1 aliphatic rings. The summed E-state index contributed by atoms with van der Waals surface area (Å²) in [5, 5.41) is 20.2. The van der Waals surface area contributed by atoms with Crippen molar-refractivity contribution in [2.75, 3.05) is 19.6 Å². The van der Waals surface area contributed by atoms with Crippen LogP contribution in [-0.4, -0.2) is 30.8 Å². The SMILES string of the molecule is OC(CNC1CNC1)c1ccsc1. The first-order chi connectivity index (χ1) is 6.36. The van der Waals surface area contributed by atoms with Crippen molar-refractivity contribution in [2.24, 2.45) is 0 Å². The Labute approximate surface area is 81.8 Å². The van der Waals surface area contributed by atoms with Crippen molar-refractivity contribution < 1.29 is 5.11 Å². The number of aliphatic hydroxyl groups is 1. The first-order valence-corrected chi connectivity index (χ1v) is 5.45. The Balaban J connectivity index is 1.74. The van der Waals surface area contributed by atoms with Gasteiger partial charge in [0, 0.05) is 25.7 Å². The van der Waals surface area contributed by atoms with Gasteiger partial charge < -0.3 is 15.7 Å². The lowest BCUT2D eigenvalue weighted by atomic mass is 10.1. The average Bonchev–Trinajstić information content (AvgIpc) is 2.52. The summed E-state index contributed by atoms with van der Waals surface area (Å²) in [6.07, 6.45) is -0.355. The van der Waals surface area contributed by atoms with Gasteiger partial charge in [0.05, 0.1) is 6.10 Å². The van der Waals surface area contributed by atoms with E-state index in [-0.39, 0.29) is 6.10 Å². The van der Waals surface area contributed by atoms with Crippen LogP contribution >= 0.6 is 11.3 Å². The Morgan fingerprint density at radius 3 is 3.08 bits per heavy atom. The van der Waals surface area contributed by atoms with Gasteiger partial charge in [0.25, 0.3) is 0 Å². The van der Waals surface area contributed by atoms with Gasteiger partial charge in [-0.1, -0.05) is 0 Å². The molecule has 3 nitrogen and oxygen atoms in total. The number of rotatable bonds is 4. The maximum Gasteiger partial charge on any atom is 0.0922 e. The van der Waals surface area contributed by atoms with E-state index in [1.54, 1.807) is 11.3 Å². The van der Waals surface area contributed by atoms with Gasteiger partial charge in [-0.25, -0.2) is 0 Å². The zero-order valence-corrected chi connectivity index (χ0v) is 8.18. The van der Waals surface area contributed by atoms with E-state index < -0.39 is 0 Å². The molecule has 0 amide bonds. The molecule has 1 aromatic heterocycles. The predicted molar refractivity (Wildman–Crippen MR) is 53.9 cm³/mol. The zero-order chi connectivity index (χ0) is 9.10. The molecule has 1 atom stereocenters. The van der Waals surface area contributed by atoms with Crippen LogP contribution in [0.5, 0.6) is 0 Å². The summed E-state index contributed by atoms with van der Waals surface area (Å²) in [4.78, 5) is 0. The van der Waals surface area contributed by atoms with E-state index in [0.717, 1.165) is 18.7 Å². The van der Waals surface area contributed by atoms with Gasteiger partial charge in [-0.05, 0) is 22.4 Å². The van der Waals surface area contributed by atoms with E-state index in [1.165, 1.54) is 0 Å². The van der Waals surface area contributed by atoms with Crippen molar-refractivity contribution in [1.82, 2.24) is 10.6 Å². The van der Waals surface area contributed by atoms with Crippen LogP contribution in [0.4, 0.5) is 0 Å². The van der Waals surface area contributed by atoms with Crippen LogP contribution in [-0.2, 0) is 0 Å². The minimum atomic E-state index is -0.355. The molecule has 1 aromatic rings. The molecule has 4 heteroatoms. The lowest BCUT2D eigenvalue weighted by Crippen LogP contribution is -2.56. The standard InChI is InChI=1S/C9H14N2OS/c12-9(7-1-2-13-6-7)5-11-8-3-10-4-8/h1-2,6,8-12H,3-5H2. The van der Waals surface area contributed by atoms with E-state index in [2.05, 4.69) is 10.6 Å². The number of hydrogen-bond acceptors (Lipinski definition) is 4. The fraction of sp³-hybridized carbons (Fsp3) is 0.556. The summed E-state index contributed by atoms with van der Waals surface area (Å²) in [6, 6.07) is 2.52. The fourth-order valence-corrected chi connectivity index (χ4v) is 2.00. The second-order valence-electron chi connectivity index (χ2n) is 3.34. The lowest BCUT2D eigenvalue weighted by molar-refractivity contribution is 0.164. The summed E-state index contributed by atoms with van der Waals surface area (Å²) in [5.74, 6) is 0. The number of nitrogens with one attached hydrogen (secondary N) is 2. The summed E-state index contributed by atoms with van der Waals surface area (Å²) in [6.45, 7) is 2.70. The molecule has 0 radical (unpaired) electrons. The highest BCUT2D eigenvalue weighted by Gasteiger charge is 2.17. The average molecular weight is 198 g/mol. The first-order valence-electron chi connectivity index (χ1n) is 4.50. The van der Waals surface area contributed by atoms with E-state index >= 15 is 0 Å². The second-order valence-corrected chi connectivity index (χ2v) is 4.12. The number of hydrogen-bond donors (Lipinski definition) is 3. The molecule has 1 aliphatic heterocycles. The Morgan fingerprint density at radius 2 is 2.54 bits per heavy atom. The molecule has 2 heterocycles. The topological polar surface area (TPSA) is 44.3 Å². The molecule has 3 N–H and O–H groups in total.